The van der Waals surface area contributed by atoms with Crippen LogP contribution in [0.5, 0.6) is 0 Å². The van der Waals surface area contributed by atoms with Gasteiger partial charge in [-0.1, -0.05) is 64.5 Å². The van der Waals surface area contributed by atoms with Crippen molar-refractivity contribution in [3.05, 3.63) is 12.2 Å². The summed E-state index contributed by atoms with van der Waals surface area (Å²) in [7, 11) is 0. The molecule has 0 rings (SSSR count). The van der Waals surface area contributed by atoms with Crippen LogP contribution in [0.25, 0.3) is 0 Å². The molecule has 0 amide bonds. The molecule has 0 spiro atoms. The van der Waals surface area contributed by atoms with Crippen molar-refractivity contribution in [3.63, 3.8) is 0 Å². The van der Waals surface area contributed by atoms with Crippen molar-refractivity contribution in [2.45, 2.75) is 78.1 Å². The van der Waals surface area contributed by atoms with E-state index in [2.05, 4.69) is 31.3 Å². The molecule has 0 heterocycles. The van der Waals surface area contributed by atoms with Crippen LogP contribution in [0.15, 0.2) is 12.2 Å². The lowest BCUT2D eigenvalue weighted by molar-refractivity contribution is 0.566. The molecule has 0 aromatic rings. The van der Waals surface area contributed by atoms with Gasteiger partial charge in [-0.05, 0) is 38.8 Å². The van der Waals surface area contributed by atoms with Crippen molar-refractivity contribution in [2.24, 2.45) is 0 Å². The van der Waals surface area contributed by atoms with Crippen molar-refractivity contribution < 1.29 is 0 Å². The maximum Gasteiger partial charge on any atom is -0.00460 e. The summed E-state index contributed by atoms with van der Waals surface area (Å²) >= 11 is 0. The summed E-state index contributed by atoms with van der Waals surface area (Å²) < 4.78 is 0. The molecule has 1 nitrogen and oxygen atoms in total. The van der Waals surface area contributed by atoms with E-state index >= 15 is 0 Å². The molecule has 102 valence electrons. The SMILES string of the molecule is CCC/C=C/CCCNCCCCCCCC. The second-order valence-electron chi connectivity index (χ2n) is 4.92. The fourth-order valence-corrected chi connectivity index (χ4v) is 1.90. The molecular formula is C16H33N. The van der Waals surface area contributed by atoms with E-state index in [1.807, 2.05) is 0 Å². The third-order valence-corrected chi connectivity index (χ3v) is 3.05. The summed E-state index contributed by atoms with van der Waals surface area (Å²) in [6.07, 6.45) is 18.1. The zero-order chi connectivity index (χ0) is 12.6. The summed E-state index contributed by atoms with van der Waals surface area (Å²) in [5.41, 5.74) is 0. The van der Waals surface area contributed by atoms with E-state index in [4.69, 9.17) is 0 Å². The van der Waals surface area contributed by atoms with Gasteiger partial charge in [0.05, 0.1) is 0 Å². The van der Waals surface area contributed by atoms with Crippen LogP contribution in [0.3, 0.4) is 0 Å². The van der Waals surface area contributed by atoms with E-state index in [-0.39, 0.29) is 0 Å². The highest BCUT2D eigenvalue weighted by molar-refractivity contribution is 4.80. The average molecular weight is 239 g/mol. The molecule has 17 heavy (non-hydrogen) atoms. The number of rotatable bonds is 13. The lowest BCUT2D eigenvalue weighted by atomic mass is 10.1. The fraction of sp³-hybridized carbons (Fsp3) is 0.875. The molecule has 1 N–H and O–H groups in total. The van der Waals surface area contributed by atoms with Gasteiger partial charge in [-0.25, -0.2) is 0 Å². The van der Waals surface area contributed by atoms with Crippen LogP contribution in [-0.4, -0.2) is 13.1 Å². The summed E-state index contributed by atoms with van der Waals surface area (Å²) in [6, 6.07) is 0. The Morgan fingerprint density at radius 3 is 2.06 bits per heavy atom. The first-order valence-electron chi connectivity index (χ1n) is 7.77. The molecule has 0 radical (unpaired) electrons. The highest BCUT2D eigenvalue weighted by atomic mass is 14.8. The van der Waals surface area contributed by atoms with Crippen LogP contribution < -0.4 is 5.32 Å². The molecule has 0 saturated heterocycles. The van der Waals surface area contributed by atoms with Crippen LogP contribution in [0.1, 0.15) is 78.1 Å². The van der Waals surface area contributed by atoms with Gasteiger partial charge < -0.3 is 5.32 Å². The number of hydrogen-bond donors (Lipinski definition) is 1. The molecule has 0 fully saturated rings. The van der Waals surface area contributed by atoms with Crippen molar-refractivity contribution in [1.29, 1.82) is 0 Å². The van der Waals surface area contributed by atoms with Crippen LogP contribution in [0.4, 0.5) is 0 Å². The van der Waals surface area contributed by atoms with Gasteiger partial charge in [0.25, 0.3) is 0 Å². The standard InChI is InChI=1S/C16H33N/c1-3-5-7-9-11-13-15-17-16-14-12-10-8-6-4-2/h7,9,17H,3-6,8,10-16H2,1-2H3/b9-7+. The Morgan fingerprint density at radius 2 is 1.29 bits per heavy atom. The topological polar surface area (TPSA) is 12.0 Å². The molecule has 0 unspecified atom stereocenters. The van der Waals surface area contributed by atoms with E-state index in [0.29, 0.717) is 0 Å². The highest BCUT2D eigenvalue weighted by Gasteiger charge is 1.90. The molecule has 0 bridgehead atoms. The Hall–Kier alpha value is -0.300. The molecule has 1 heteroatoms. The second kappa shape index (κ2) is 15.7. The predicted octanol–water partition coefficient (Wildman–Crippen LogP) is 5.07. The van der Waals surface area contributed by atoms with Gasteiger partial charge in [-0.3, -0.25) is 0 Å². The lowest BCUT2D eigenvalue weighted by Crippen LogP contribution is -2.16. The van der Waals surface area contributed by atoms with E-state index in [1.165, 1.54) is 77.3 Å². The Labute approximate surface area is 109 Å². The Bertz CT molecular complexity index is 152. The lowest BCUT2D eigenvalue weighted by Gasteiger charge is -2.03. The maximum atomic E-state index is 3.53. The molecule has 0 saturated carbocycles. The third-order valence-electron chi connectivity index (χ3n) is 3.05. The van der Waals surface area contributed by atoms with Gasteiger partial charge in [0, 0.05) is 0 Å². The van der Waals surface area contributed by atoms with Crippen LogP contribution in [0.2, 0.25) is 0 Å². The van der Waals surface area contributed by atoms with Gasteiger partial charge >= 0.3 is 0 Å². The number of unbranched alkanes of at least 4 members (excludes halogenated alkanes) is 7. The Balaban J connectivity index is 2.94. The zero-order valence-corrected chi connectivity index (χ0v) is 12.1. The van der Waals surface area contributed by atoms with Gasteiger partial charge in [-0.2, -0.15) is 0 Å². The minimum absolute atomic E-state index is 1.19. The summed E-state index contributed by atoms with van der Waals surface area (Å²) in [5.74, 6) is 0. The highest BCUT2D eigenvalue weighted by Crippen LogP contribution is 2.04. The molecule has 0 aliphatic rings. The van der Waals surface area contributed by atoms with Crippen molar-refractivity contribution in [3.8, 4) is 0 Å². The monoisotopic (exact) mass is 239 g/mol. The molecular weight excluding hydrogens is 206 g/mol. The summed E-state index contributed by atoms with van der Waals surface area (Å²) in [5, 5.41) is 3.53. The van der Waals surface area contributed by atoms with Gasteiger partial charge in [0.2, 0.25) is 0 Å². The second-order valence-corrected chi connectivity index (χ2v) is 4.92. The predicted molar refractivity (Wildman–Crippen MR) is 79.5 cm³/mol. The maximum absolute atomic E-state index is 3.53. The number of nitrogens with one attached hydrogen (secondary N) is 1. The van der Waals surface area contributed by atoms with E-state index in [0.717, 1.165) is 0 Å². The molecule has 0 aromatic heterocycles. The van der Waals surface area contributed by atoms with Crippen LogP contribution in [0, 0.1) is 0 Å². The number of allylic oxidation sites excluding steroid dienone is 2. The average Bonchev–Trinajstić information content (AvgIpc) is 2.35. The van der Waals surface area contributed by atoms with Gasteiger partial charge in [-0.15, -0.1) is 0 Å². The first kappa shape index (κ1) is 16.7. The smallest absolute Gasteiger partial charge is 0.00460 e. The fourth-order valence-electron chi connectivity index (χ4n) is 1.90. The molecule has 0 aromatic carbocycles. The third kappa shape index (κ3) is 15.7. The van der Waals surface area contributed by atoms with Crippen molar-refractivity contribution in [1.82, 2.24) is 5.32 Å². The quantitative estimate of drug-likeness (QED) is 0.349. The van der Waals surface area contributed by atoms with Gasteiger partial charge in [0.15, 0.2) is 0 Å². The van der Waals surface area contributed by atoms with Crippen LogP contribution in [-0.2, 0) is 0 Å². The summed E-state index contributed by atoms with van der Waals surface area (Å²) in [6.45, 7) is 6.90. The van der Waals surface area contributed by atoms with Gasteiger partial charge in [0.1, 0.15) is 0 Å². The van der Waals surface area contributed by atoms with E-state index in [1.54, 1.807) is 0 Å². The van der Waals surface area contributed by atoms with E-state index < -0.39 is 0 Å². The minimum Gasteiger partial charge on any atom is -0.317 e. The molecule has 0 aliphatic heterocycles. The molecule has 0 atom stereocenters. The number of hydrogen-bond acceptors (Lipinski definition) is 1. The molecule has 0 aliphatic carbocycles. The zero-order valence-electron chi connectivity index (χ0n) is 12.1. The first-order valence-corrected chi connectivity index (χ1v) is 7.77. The Morgan fingerprint density at radius 1 is 0.647 bits per heavy atom. The van der Waals surface area contributed by atoms with Crippen molar-refractivity contribution in [2.75, 3.05) is 13.1 Å². The van der Waals surface area contributed by atoms with Crippen molar-refractivity contribution >= 4 is 0 Å². The Kier molecular flexibility index (Phi) is 15.4. The van der Waals surface area contributed by atoms with E-state index in [9.17, 15) is 0 Å². The largest absolute Gasteiger partial charge is 0.317 e. The first-order chi connectivity index (χ1) is 8.41. The minimum atomic E-state index is 1.19. The summed E-state index contributed by atoms with van der Waals surface area (Å²) in [4.78, 5) is 0. The normalized spacial score (nSPS) is 11.4. The van der Waals surface area contributed by atoms with Crippen LogP contribution >= 0.6 is 0 Å².